The predicted octanol–water partition coefficient (Wildman–Crippen LogP) is 4.85. The zero-order chi connectivity index (χ0) is 20.1. The van der Waals surface area contributed by atoms with E-state index in [-0.39, 0.29) is 30.3 Å². The summed E-state index contributed by atoms with van der Waals surface area (Å²) >= 11 is 3.44. The highest BCUT2D eigenvalue weighted by molar-refractivity contribution is 9.10. The molecule has 2 atom stereocenters. The number of halogens is 1. The van der Waals surface area contributed by atoms with Crippen LogP contribution < -0.4 is 5.32 Å². The summed E-state index contributed by atoms with van der Waals surface area (Å²) in [7, 11) is 0. The van der Waals surface area contributed by atoms with Crippen molar-refractivity contribution in [3.05, 3.63) is 75.9 Å². The molecule has 0 saturated heterocycles. The van der Waals surface area contributed by atoms with Crippen LogP contribution in [0.15, 0.2) is 59.2 Å². The average Bonchev–Trinajstić information content (AvgIpc) is 2.67. The lowest BCUT2D eigenvalue weighted by Gasteiger charge is -2.32. The molecule has 2 aromatic rings. The summed E-state index contributed by atoms with van der Waals surface area (Å²) in [6.07, 6.45) is 5.73. The topological polar surface area (TPSA) is 49.4 Å². The van der Waals surface area contributed by atoms with Crippen LogP contribution in [0.1, 0.15) is 49.4 Å². The van der Waals surface area contributed by atoms with Gasteiger partial charge in [0.2, 0.25) is 11.8 Å². The van der Waals surface area contributed by atoms with E-state index in [2.05, 4.69) is 33.4 Å². The highest BCUT2D eigenvalue weighted by Gasteiger charge is 2.28. The van der Waals surface area contributed by atoms with Gasteiger partial charge in [-0.1, -0.05) is 52.3 Å². The quantitative estimate of drug-likeness (QED) is 0.697. The smallest absolute Gasteiger partial charge is 0.223 e. The molecule has 0 aliphatic carbocycles. The Morgan fingerprint density at radius 3 is 2.57 bits per heavy atom. The number of nitrogens with zero attached hydrogens (tertiary/aromatic N) is 1. The fourth-order valence-corrected chi connectivity index (χ4v) is 3.79. The molecule has 2 aromatic carbocycles. The van der Waals surface area contributed by atoms with Crippen LogP contribution in [-0.4, -0.2) is 22.8 Å². The summed E-state index contributed by atoms with van der Waals surface area (Å²) in [6.45, 7) is 3.55. The minimum atomic E-state index is -0.266. The van der Waals surface area contributed by atoms with Gasteiger partial charge >= 0.3 is 0 Å². The minimum Gasteiger partial charge on any atom is -0.354 e. The maximum absolute atomic E-state index is 12.7. The number of amides is 2. The van der Waals surface area contributed by atoms with Crippen LogP contribution in [-0.2, 0) is 16.0 Å². The van der Waals surface area contributed by atoms with E-state index < -0.39 is 0 Å². The van der Waals surface area contributed by atoms with Gasteiger partial charge in [0.1, 0.15) is 0 Å². The lowest BCUT2D eigenvalue weighted by molar-refractivity contribution is -0.130. The van der Waals surface area contributed by atoms with Crippen molar-refractivity contribution >= 4 is 33.8 Å². The molecule has 146 valence electrons. The summed E-state index contributed by atoms with van der Waals surface area (Å²) in [4.78, 5) is 26.4. The van der Waals surface area contributed by atoms with Gasteiger partial charge in [-0.15, -0.1) is 0 Å². The summed E-state index contributed by atoms with van der Waals surface area (Å²) in [5, 5.41) is 3.09. The number of benzene rings is 2. The van der Waals surface area contributed by atoms with Crippen molar-refractivity contribution in [3.8, 4) is 0 Å². The van der Waals surface area contributed by atoms with Gasteiger partial charge in [-0.05, 0) is 54.7 Å². The summed E-state index contributed by atoms with van der Waals surface area (Å²) in [6, 6.07) is 16.0. The molecule has 2 unspecified atom stereocenters. The Hall–Kier alpha value is -2.40. The molecular formula is C23H25BrN2O2. The molecule has 0 fully saturated rings. The zero-order valence-electron chi connectivity index (χ0n) is 16.2. The summed E-state index contributed by atoms with van der Waals surface area (Å²) < 4.78 is 1.06. The van der Waals surface area contributed by atoms with Crippen molar-refractivity contribution in [2.45, 2.75) is 45.2 Å². The molecule has 5 heteroatoms. The molecule has 0 spiro atoms. The standard InChI is InChI=1S/C23H25BrN2O2/c1-16(7-8-18-9-11-20(24)12-10-18)25-23(28)15-22-21-6-4-3-5-19(21)13-14-26(22)17(2)27/h3-6,9-14,16,22H,7-8,15H2,1-2H3,(H,25,28). The number of carbonyl (C=O) groups is 2. The molecule has 1 N–H and O–H groups in total. The first-order chi connectivity index (χ1) is 13.4. The second-order valence-corrected chi connectivity index (χ2v) is 8.14. The Morgan fingerprint density at radius 2 is 1.86 bits per heavy atom. The number of aryl methyl sites for hydroxylation is 1. The zero-order valence-corrected chi connectivity index (χ0v) is 17.8. The number of rotatable bonds is 6. The lowest BCUT2D eigenvalue weighted by Crippen LogP contribution is -2.38. The van der Waals surface area contributed by atoms with Gasteiger partial charge in [0.25, 0.3) is 0 Å². The van der Waals surface area contributed by atoms with Gasteiger partial charge in [-0.2, -0.15) is 0 Å². The van der Waals surface area contributed by atoms with Crippen molar-refractivity contribution in [3.63, 3.8) is 0 Å². The van der Waals surface area contributed by atoms with Crippen molar-refractivity contribution in [1.29, 1.82) is 0 Å². The first-order valence-corrected chi connectivity index (χ1v) is 10.3. The number of hydrogen-bond acceptors (Lipinski definition) is 2. The van der Waals surface area contributed by atoms with Crippen LogP contribution in [0, 0.1) is 0 Å². The van der Waals surface area contributed by atoms with Crippen LogP contribution in [0.4, 0.5) is 0 Å². The first kappa shape index (κ1) is 20.3. The largest absolute Gasteiger partial charge is 0.354 e. The van der Waals surface area contributed by atoms with Crippen molar-refractivity contribution < 1.29 is 9.59 Å². The van der Waals surface area contributed by atoms with Crippen LogP contribution in [0.2, 0.25) is 0 Å². The third-order valence-corrected chi connectivity index (χ3v) is 5.56. The fraction of sp³-hybridized carbons (Fsp3) is 0.304. The molecule has 1 heterocycles. The molecule has 3 rings (SSSR count). The minimum absolute atomic E-state index is 0.0374. The van der Waals surface area contributed by atoms with Crippen molar-refractivity contribution in [2.24, 2.45) is 0 Å². The van der Waals surface area contributed by atoms with Gasteiger partial charge < -0.3 is 10.2 Å². The van der Waals surface area contributed by atoms with E-state index in [0.717, 1.165) is 28.4 Å². The van der Waals surface area contributed by atoms with Gasteiger partial charge in [0.15, 0.2) is 0 Å². The van der Waals surface area contributed by atoms with Crippen LogP contribution >= 0.6 is 15.9 Å². The van der Waals surface area contributed by atoms with Gasteiger partial charge in [-0.25, -0.2) is 0 Å². The normalized spacial score (nSPS) is 16.4. The highest BCUT2D eigenvalue weighted by Crippen LogP contribution is 2.32. The van der Waals surface area contributed by atoms with E-state index in [0.29, 0.717) is 0 Å². The van der Waals surface area contributed by atoms with Crippen molar-refractivity contribution in [1.82, 2.24) is 10.2 Å². The second kappa shape index (κ2) is 9.20. The molecular weight excluding hydrogens is 416 g/mol. The van der Waals surface area contributed by atoms with E-state index in [4.69, 9.17) is 0 Å². The number of fused-ring (bicyclic) bond motifs is 1. The van der Waals surface area contributed by atoms with E-state index in [1.165, 1.54) is 12.5 Å². The molecule has 28 heavy (non-hydrogen) atoms. The third kappa shape index (κ3) is 5.10. The Balaban J connectivity index is 1.60. The molecule has 0 bridgehead atoms. The van der Waals surface area contributed by atoms with E-state index >= 15 is 0 Å². The number of hydrogen-bond donors (Lipinski definition) is 1. The predicted molar refractivity (Wildman–Crippen MR) is 115 cm³/mol. The molecule has 4 nitrogen and oxygen atoms in total. The van der Waals surface area contributed by atoms with Gasteiger partial charge in [0, 0.05) is 23.6 Å². The number of carbonyl (C=O) groups excluding carboxylic acids is 2. The maximum Gasteiger partial charge on any atom is 0.223 e. The summed E-state index contributed by atoms with van der Waals surface area (Å²) in [5.41, 5.74) is 3.32. The van der Waals surface area contributed by atoms with E-state index in [1.54, 1.807) is 11.1 Å². The SMILES string of the molecule is CC(=O)N1C=Cc2ccccc2C1CC(=O)NC(C)CCc1ccc(Br)cc1. The van der Waals surface area contributed by atoms with Crippen molar-refractivity contribution in [2.75, 3.05) is 0 Å². The molecule has 0 saturated carbocycles. The Morgan fingerprint density at radius 1 is 1.14 bits per heavy atom. The van der Waals surface area contributed by atoms with Crippen LogP contribution in [0.25, 0.3) is 6.08 Å². The Kier molecular flexibility index (Phi) is 6.68. The summed E-state index contributed by atoms with van der Waals surface area (Å²) in [5.74, 6) is -0.100. The maximum atomic E-state index is 12.7. The average molecular weight is 441 g/mol. The highest BCUT2D eigenvalue weighted by atomic mass is 79.9. The van der Waals surface area contributed by atoms with E-state index in [9.17, 15) is 9.59 Å². The Bertz CT molecular complexity index is 876. The van der Waals surface area contributed by atoms with Crippen LogP contribution in [0.5, 0.6) is 0 Å². The first-order valence-electron chi connectivity index (χ1n) is 9.54. The van der Waals surface area contributed by atoms with E-state index in [1.807, 2.05) is 49.4 Å². The lowest BCUT2D eigenvalue weighted by atomic mass is 9.93. The molecule has 1 aliphatic rings. The Labute approximate surface area is 174 Å². The van der Waals surface area contributed by atoms with Gasteiger partial charge in [0.05, 0.1) is 12.5 Å². The molecule has 1 aliphatic heterocycles. The monoisotopic (exact) mass is 440 g/mol. The number of nitrogens with one attached hydrogen (secondary N) is 1. The second-order valence-electron chi connectivity index (χ2n) is 7.22. The molecule has 0 radical (unpaired) electrons. The fourth-order valence-electron chi connectivity index (χ4n) is 3.53. The molecule has 0 aromatic heterocycles. The van der Waals surface area contributed by atoms with Crippen LogP contribution in [0.3, 0.4) is 0 Å². The van der Waals surface area contributed by atoms with Gasteiger partial charge in [-0.3, -0.25) is 9.59 Å². The third-order valence-electron chi connectivity index (χ3n) is 5.03. The molecule has 2 amide bonds.